The first-order valence-electron chi connectivity index (χ1n) is 7.33. The Morgan fingerprint density at radius 3 is 2.71 bits per heavy atom. The van der Waals surface area contributed by atoms with Gasteiger partial charge in [0.15, 0.2) is 5.76 Å². The van der Waals surface area contributed by atoms with Gasteiger partial charge in [-0.2, -0.15) is 0 Å². The second kappa shape index (κ2) is 7.19. The first kappa shape index (κ1) is 16.1. The van der Waals surface area contributed by atoms with Crippen LogP contribution in [0.15, 0.2) is 59.1 Å². The van der Waals surface area contributed by atoms with Crippen LogP contribution in [-0.2, 0) is 11.3 Å². The number of carbonyl (C=O) groups excluding carboxylic acids is 1. The van der Waals surface area contributed by atoms with E-state index in [0.717, 1.165) is 11.1 Å². The zero-order valence-corrected chi connectivity index (χ0v) is 13.7. The lowest BCUT2D eigenvalue weighted by Crippen LogP contribution is -2.13. The summed E-state index contributed by atoms with van der Waals surface area (Å²) in [4.78, 5) is 11.8. The van der Waals surface area contributed by atoms with E-state index in [1.807, 2.05) is 49.4 Å². The lowest BCUT2D eigenvalue weighted by molar-refractivity contribution is 0.152. The van der Waals surface area contributed by atoms with Crippen LogP contribution in [0.5, 0.6) is 0 Å². The van der Waals surface area contributed by atoms with E-state index in [-0.39, 0.29) is 6.61 Å². The number of carbonyl (C=O) groups is 1. The monoisotopic (exact) mass is 342 g/mol. The highest BCUT2D eigenvalue weighted by atomic mass is 35.5. The zero-order valence-electron chi connectivity index (χ0n) is 13.0. The molecule has 0 unspecified atom stereocenters. The summed E-state index contributed by atoms with van der Waals surface area (Å²) >= 11 is 6.11. The van der Waals surface area contributed by atoms with Crippen molar-refractivity contribution in [3.63, 3.8) is 0 Å². The second-order valence-electron chi connectivity index (χ2n) is 5.23. The van der Waals surface area contributed by atoms with Crippen LogP contribution in [0.1, 0.15) is 11.3 Å². The van der Waals surface area contributed by atoms with Crippen molar-refractivity contribution in [3.8, 4) is 11.3 Å². The van der Waals surface area contributed by atoms with E-state index in [4.69, 9.17) is 20.9 Å². The minimum absolute atomic E-state index is 0.00560. The molecule has 0 aliphatic carbocycles. The third-order valence-electron chi connectivity index (χ3n) is 3.35. The molecule has 6 heteroatoms. The Morgan fingerprint density at radius 2 is 1.96 bits per heavy atom. The van der Waals surface area contributed by atoms with Crippen LogP contribution >= 0.6 is 11.6 Å². The van der Waals surface area contributed by atoms with Gasteiger partial charge in [-0.05, 0) is 31.2 Å². The fraction of sp³-hybridized carbons (Fsp3) is 0.111. The van der Waals surface area contributed by atoms with Gasteiger partial charge in [-0.25, -0.2) is 4.79 Å². The summed E-state index contributed by atoms with van der Waals surface area (Å²) in [6.45, 7) is 1.98. The third kappa shape index (κ3) is 3.94. The van der Waals surface area contributed by atoms with E-state index in [0.29, 0.717) is 22.2 Å². The van der Waals surface area contributed by atoms with E-state index >= 15 is 0 Å². The average molecular weight is 343 g/mol. The zero-order chi connectivity index (χ0) is 16.9. The number of hydrogen-bond donors (Lipinski definition) is 1. The number of hydrogen-bond acceptors (Lipinski definition) is 4. The van der Waals surface area contributed by atoms with Crippen molar-refractivity contribution in [1.82, 2.24) is 5.16 Å². The molecule has 0 aliphatic rings. The van der Waals surface area contributed by atoms with Crippen LogP contribution in [-0.4, -0.2) is 11.2 Å². The van der Waals surface area contributed by atoms with Crippen LogP contribution in [0.3, 0.4) is 0 Å². The van der Waals surface area contributed by atoms with Crippen molar-refractivity contribution in [2.75, 3.05) is 5.32 Å². The molecule has 1 heterocycles. The number of aryl methyl sites for hydroxylation is 1. The smallest absolute Gasteiger partial charge is 0.412 e. The summed E-state index contributed by atoms with van der Waals surface area (Å²) in [5, 5.41) is 7.10. The van der Waals surface area contributed by atoms with Crippen molar-refractivity contribution >= 4 is 23.4 Å². The van der Waals surface area contributed by atoms with Crippen LogP contribution < -0.4 is 5.32 Å². The number of halogens is 1. The highest BCUT2D eigenvalue weighted by Crippen LogP contribution is 2.28. The maximum atomic E-state index is 11.8. The standard InChI is InChI=1S/C18H15ClN2O3/c1-12-6-8-13(9-7-12)20-18(22)23-11-14-10-17(24-21-14)15-4-2-3-5-16(15)19/h2-10H,11H2,1H3,(H,20,22). The number of benzene rings is 2. The molecule has 0 radical (unpaired) electrons. The predicted octanol–water partition coefficient (Wildman–Crippen LogP) is 5.05. The van der Waals surface area contributed by atoms with Crippen LogP contribution in [0, 0.1) is 6.92 Å². The maximum Gasteiger partial charge on any atom is 0.412 e. The minimum Gasteiger partial charge on any atom is -0.443 e. The summed E-state index contributed by atoms with van der Waals surface area (Å²) in [6, 6.07) is 16.4. The molecule has 3 aromatic rings. The molecular weight excluding hydrogens is 328 g/mol. The molecule has 0 saturated carbocycles. The van der Waals surface area contributed by atoms with Gasteiger partial charge in [-0.15, -0.1) is 0 Å². The van der Waals surface area contributed by atoms with Gasteiger partial charge in [-0.3, -0.25) is 5.32 Å². The molecule has 1 amide bonds. The van der Waals surface area contributed by atoms with Gasteiger partial charge in [0.2, 0.25) is 0 Å². The number of nitrogens with one attached hydrogen (secondary N) is 1. The number of anilines is 1. The SMILES string of the molecule is Cc1ccc(NC(=O)OCc2cc(-c3ccccc3Cl)on2)cc1. The highest BCUT2D eigenvalue weighted by molar-refractivity contribution is 6.33. The second-order valence-corrected chi connectivity index (χ2v) is 5.64. The highest BCUT2D eigenvalue weighted by Gasteiger charge is 2.11. The van der Waals surface area contributed by atoms with Gasteiger partial charge in [0.1, 0.15) is 12.3 Å². The van der Waals surface area contributed by atoms with E-state index in [9.17, 15) is 4.79 Å². The van der Waals surface area contributed by atoms with Crippen molar-refractivity contribution in [2.45, 2.75) is 13.5 Å². The normalized spacial score (nSPS) is 10.4. The molecule has 3 rings (SSSR count). The largest absolute Gasteiger partial charge is 0.443 e. The summed E-state index contributed by atoms with van der Waals surface area (Å²) in [5.41, 5.74) is 3.03. The summed E-state index contributed by atoms with van der Waals surface area (Å²) in [6.07, 6.45) is -0.554. The van der Waals surface area contributed by atoms with Crippen molar-refractivity contribution in [1.29, 1.82) is 0 Å². The Labute approximate surface area is 144 Å². The van der Waals surface area contributed by atoms with Gasteiger partial charge in [0.25, 0.3) is 0 Å². The molecule has 0 atom stereocenters. The average Bonchev–Trinajstić information content (AvgIpc) is 3.04. The van der Waals surface area contributed by atoms with Crippen LogP contribution in [0.4, 0.5) is 10.5 Å². The molecule has 0 aliphatic heterocycles. The predicted molar refractivity (Wildman–Crippen MR) is 91.9 cm³/mol. The maximum absolute atomic E-state index is 11.8. The van der Waals surface area contributed by atoms with E-state index in [1.165, 1.54) is 0 Å². The van der Waals surface area contributed by atoms with Gasteiger partial charge in [0, 0.05) is 17.3 Å². The Bertz CT molecular complexity index is 843. The topological polar surface area (TPSA) is 64.4 Å². The molecular formula is C18H15ClN2O3. The van der Waals surface area contributed by atoms with Crippen molar-refractivity contribution in [2.24, 2.45) is 0 Å². The molecule has 5 nitrogen and oxygen atoms in total. The van der Waals surface area contributed by atoms with Crippen molar-refractivity contribution < 1.29 is 14.1 Å². The summed E-state index contributed by atoms with van der Waals surface area (Å²) in [5.74, 6) is 0.526. The van der Waals surface area contributed by atoms with E-state index in [1.54, 1.807) is 12.1 Å². The van der Waals surface area contributed by atoms with Crippen LogP contribution in [0.2, 0.25) is 5.02 Å². The fourth-order valence-corrected chi connectivity index (χ4v) is 2.33. The molecule has 0 bridgehead atoms. The molecule has 1 aromatic heterocycles. The number of ether oxygens (including phenoxy) is 1. The lowest BCUT2D eigenvalue weighted by Gasteiger charge is -2.05. The molecule has 2 aromatic carbocycles. The molecule has 24 heavy (non-hydrogen) atoms. The quantitative estimate of drug-likeness (QED) is 0.720. The first-order chi connectivity index (χ1) is 11.6. The molecule has 122 valence electrons. The lowest BCUT2D eigenvalue weighted by atomic mass is 10.1. The third-order valence-corrected chi connectivity index (χ3v) is 3.68. The fourth-order valence-electron chi connectivity index (χ4n) is 2.10. The van der Waals surface area contributed by atoms with Crippen LogP contribution in [0.25, 0.3) is 11.3 Å². The molecule has 1 N–H and O–H groups in total. The van der Waals surface area contributed by atoms with Gasteiger partial charge in [0.05, 0.1) is 5.02 Å². The van der Waals surface area contributed by atoms with E-state index in [2.05, 4.69) is 10.5 Å². The molecule has 0 spiro atoms. The Morgan fingerprint density at radius 1 is 1.21 bits per heavy atom. The molecule has 0 saturated heterocycles. The Kier molecular flexibility index (Phi) is 4.82. The Balaban J connectivity index is 1.58. The summed E-state index contributed by atoms with van der Waals surface area (Å²) in [7, 11) is 0. The number of nitrogens with zero attached hydrogens (tertiary/aromatic N) is 1. The number of rotatable bonds is 4. The van der Waals surface area contributed by atoms with E-state index < -0.39 is 6.09 Å². The van der Waals surface area contributed by atoms with Crippen molar-refractivity contribution in [3.05, 3.63) is 70.9 Å². The Hall–Kier alpha value is -2.79. The summed E-state index contributed by atoms with van der Waals surface area (Å²) < 4.78 is 10.4. The van der Waals surface area contributed by atoms with Gasteiger partial charge in [-0.1, -0.05) is 46.6 Å². The van der Waals surface area contributed by atoms with Gasteiger partial charge >= 0.3 is 6.09 Å². The van der Waals surface area contributed by atoms with Gasteiger partial charge < -0.3 is 9.26 Å². The number of amides is 1. The minimum atomic E-state index is -0.554. The first-order valence-corrected chi connectivity index (χ1v) is 7.70. The molecule has 0 fully saturated rings. The number of aromatic nitrogens is 1.